The fraction of sp³-hybridized carbons (Fsp3) is 0.0588. The van der Waals surface area contributed by atoms with Gasteiger partial charge in [0, 0.05) is 35.9 Å². The van der Waals surface area contributed by atoms with E-state index < -0.39 is 0 Å². The molecule has 2 N–H and O–H groups in total. The third-order valence-corrected chi connectivity index (χ3v) is 3.61. The van der Waals surface area contributed by atoms with Crippen molar-refractivity contribution in [1.82, 2.24) is 4.57 Å². The smallest absolute Gasteiger partial charge is 0.139 e. The van der Waals surface area contributed by atoms with Gasteiger partial charge < -0.3 is 15.0 Å². The number of nitrogens with zero attached hydrogens (tertiary/aromatic N) is 1. The molecule has 3 nitrogen and oxygen atoms in total. The van der Waals surface area contributed by atoms with Crippen LogP contribution in [-0.2, 0) is 6.54 Å². The van der Waals surface area contributed by atoms with Crippen molar-refractivity contribution in [2.45, 2.75) is 6.54 Å². The first-order valence-corrected chi connectivity index (χ1v) is 7.05. The summed E-state index contributed by atoms with van der Waals surface area (Å²) in [5.41, 5.74) is 2.84. The highest BCUT2D eigenvalue weighted by Crippen LogP contribution is 2.27. The van der Waals surface area contributed by atoms with Gasteiger partial charge in [-0.2, -0.15) is 0 Å². The lowest BCUT2D eigenvalue weighted by Crippen LogP contribution is -2.00. The SMILES string of the molecule is Oc1c(Cl)cccc1CNc1cccc(-n2cccc2)c1. The Bertz CT molecular complexity index is 738. The van der Waals surface area contributed by atoms with Gasteiger partial charge in [-0.15, -0.1) is 0 Å². The number of phenols is 1. The number of phenolic OH excluding ortho intramolecular Hbond substituents is 1. The zero-order valence-electron chi connectivity index (χ0n) is 11.3. The van der Waals surface area contributed by atoms with Crippen LogP contribution in [0.15, 0.2) is 67.0 Å². The molecular weight excluding hydrogens is 284 g/mol. The molecule has 3 rings (SSSR count). The van der Waals surface area contributed by atoms with Crippen LogP contribution in [0.3, 0.4) is 0 Å². The lowest BCUT2D eigenvalue weighted by molar-refractivity contribution is 0.469. The normalized spacial score (nSPS) is 10.5. The van der Waals surface area contributed by atoms with E-state index in [0.29, 0.717) is 11.6 Å². The second kappa shape index (κ2) is 5.94. The second-order valence-corrected chi connectivity index (χ2v) is 5.15. The van der Waals surface area contributed by atoms with E-state index in [1.54, 1.807) is 6.07 Å². The largest absolute Gasteiger partial charge is 0.506 e. The first kappa shape index (κ1) is 13.6. The lowest BCUT2D eigenvalue weighted by atomic mass is 10.2. The molecule has 0 fully saturated rings. The molecule has 4 heteroatoms. The molecule has 106 valence electrons. The quantitative estimate of drug-likeness (QED) is 0.747. The average molecular weight is 299 g/mol. The summed E-state index contributed by atoms with van der Waals surface area (Å²) in [5.74, 6) is 0.133. The van der Waals surface area contributed by atoms with Gasteiger partial charge >= 0.3 is 0 Å². The summed E-state index contributed by atoms with van der Waals surface area (Å²) < 4.78 is 2.04. The molecule has 0 bridgehead atoms. The van der Waals surface area contributed by atoms with Crippen LogP contribution in [0.2, 0.25) is 5.02 Å². The van der Waals surface area contributed by atoms with Crippen molar-refractivity contribution in [3.05, 3.63) is 77.6 Å². The van der Waals surface area contributed by atoms with Crippen LogP contribution < -0.4 is 5.32 Å². The van der Waals surface area contributed by atoms with E-state index in [1.165, 1.54) is 0 Å². The molecule has 0 aliphatic rings. The maximum Gasteiger partial charge on any atom is 0.139 e. The van der Waals surface area contributed by atoms with Crippen LogP contribution in [0, 0.1) is 0 Å². The van der Waals surface area contributed by atoms with E-state index in [4.69, 9.17) is 11.6 Å². The number of nitrogens with one attached hydrogen (secondary N) is 1. The molecule has 0 aliphatic carbocycles. The molecule has 0 amide bonds. The molecule has 0 spiro atoms. The Hall–Kier alpha value is -2.39. The van der Waals surface area contributed by atoms with Crippen LogP contribution in [0.25, 0.3) is 5.69 Å². The molecule has 1 heterocycles. The number of halogens is 1. The van der Waals surface area contributed by atoms with Crippen molar-refractivity contribution in [1.29, 1.82) is 0 Å². The number of aromatic nitrogens is 1. The molecule has 21 heavy (non-hydrogen) atoms. The van der Waals surface area contributed by atoms with Gasteiger partial charge in [-0.25, -0.2) is 0 Å². The fourth-order valence-electron chi connectivity index (χ4n) is 2.18. The topological polar surface area (TPSA) is 37.2 Å². The van der Waals surface area contributed by atoms with Gasteiger partial charge in [0.2, 0.25) is 0 Å². The number of hydrogen-bond donors (Lipinski definition) is 2. The maximum absolute atomic E-state index is 9.90. The third kappa shape index (κ3) is 3.03. The molecule has 0 saturated heterocycles. The number of para-hydroxylation sites is 1. The molecular formula is C17H15ClN2O. The Morgan fingerprint density at radius 1 is 1.00 bits per heavy atom. The number of rotatable bonds is 4. The first-order chi connectivity index (χ1) is 10.2. The summed E-state index contributed by atoms with van der Waals surface area (Å²) in [6, 6.07) is 17.4. The van der Waals surface area contributed by atoms with Crippen molar-refractivity contribution >= 4 is 17.3 Å². The Morgan fingerprint density at radius 3 is 2.57 bits per heavy atom. The Kier molecular flexibility index (Phi) is 3.84. The minimum atomic E-state index is 0.133. The molecule has 3 aromatic rings. The zero-order chi connectivity index (χ0) is 14.7. The van der Waals surface area contributed by atoms with E-state index in [1.807, 2.05) is 59.4 Å². The molecule has 1 aromatic heterocycles. The van der Waals surface area contributed by atoms with Crippen molar-refractivity contribution in [2.24, 2.45) is 0 Å². The Balaban J connectivity index is 1.77. The van der Waals surface area contributed by atoms with Crippen molar-refractivity contribution < 1.29 is 5.11 Å². The number of anilines is 1. The van der Waals surface area contributed by atoms with Crippen LogP contribution in [0.1, 0.15) is 5.56 Å². The number of aromatic hydroxyl groups is 1. The maximum atomic E-state index is 9.90. The molecule has 0 aliphatic heterocycles. The summed E-state index contributed by atoms with van der Waals surface area (Å²) in [6.07, 6.45) is 4.00. The predicted molar refractivity (Wildman–Crippen MR) is 86.2 cm³/mol. The highest BCUT2D eigenvalue weighted by Gasteiger charge is 2.05. The summed E-state index contributed by atoms with van der Waals surface area (Å²) >= 11 is 5.91. The second-order valence-electron chi connectivity index (χ2n) is 4.74. The fourth-order valence-corrected chi connectivity index (χ4v) is 2.38. The highest BCUT2D eigenvalue weighted by atomic mass is 35.5. The summed E-state index contributed by atoms with van der Waals surface area (Å²) in [6.45, 7) is 0.515. The van der Waals surface area contributed by atoms with Gasteiger partial charge in [-0.1, -0.05) is 29.8 Å². The van der Waals surface area contributed by atoms with E-state index >= 15 is 0 Å². The third-order valence-electron chi connectivity index (χ3n) is 3.30. The molecule has 2 aromatic carbocycles. The van der Waals surface area contributed by atoms with Gasteiger partial charge in [-0.3, -0.25) is 0 Å². The molecule has 0 unspecified atom stereocenters. The van der Waals surface area contributed by atoms with Gasteiger partial charge in [0.15, 0.2) is 0 Å². The minimum Gasteiger partial charge on any atom is -0.506 e. The van der Waals surface area contributed by atoms with Gasteiger partial charge in [0.05, 0.1) is 5.02 Å². The van der Waals surface area contributed by atoms with Crippen molar-refractivity contribution in [3.8, 4) is 11.4 Å². The predicted octanol–water partition coefficient (Wildman–Crippen LogP) is 4.45. The zero-order valence-corrected chi connectivity index (χ0v) is 12.1. The first-order valence-electron chi connectivity index (χ1n) is 6.68. The van der Waals surface area contributed by atoms with E-state index in [-0.39, 0.29) is 5.75 Å². The Labute approximate surface area is 128 Å². The van der Waals surface area contributed by atoms with Crippen LogP contribution in [-0.4, -0.2) is 9.67 Å². The van der Waals surface area contributed by atoms with E-state index in [2.05, 4.69) is 11.4 Å². The minimum absolute atomic E-state index is 0.133. The van der Waals surface area contributed by atoms with Crippen LogP contribution >= 0.6 is 11.6 Å². The van der Waals surface area contributed by atoms with Gasteiger partial charge in [0.25, 0.3) is 0 Å². The number of hydrogen-bond acceptors (Lipinski definition) is 2. The monoisotopic (exact) mass is 298 g/mol. The standard InChI is InChI=1S/C17H15ClN2O/c18-16-8-3-5-13(17(16)21)12-19-14-6-4-7-15(11-14)20-9-1-2-10-20/h1-11,19,21H,12H2. The summed E-state index contributed by atoms with van der Waals surface area (Å²) in [5, 5.41) is 13.6. The summed E-state index contributed by atoms with van der Waals surface area (Å²) in [4.78, 5) is 0. The van der Waals surface area contributed by atoms with E-state index in [9.17, 15) is 5.11 Å². The average Bonchev–Trinajstić information content (AvgIpc) is 3.03. The van der Waals surface area contributed by atoms with Gasteiger partial charge in [-0.05, 0) is 36.4 Å². The van der Waals surface area contributed by atoms with Crippen molar-refractivity contribution in [3.63, 3.8) is 0 Å². The van der Waals surface area contributed by atoms with Crippen LogP contribution in [0.5, 0.6) is 5.75 Å². The van der Waals surface area contributed by atoms with Crippen LogP contribution in [0.4, 0.5) is 5.69 Å². The molecule has 0 radical (unpaired) electrons. The summed E-state index contributed by atoms with van der Waals surface area (Å²) in [7, 11) is 0. The number of benzene rings is 2. The molecule has 0 atom stereocenters. The highest BCUT2D eigenvalue weighted by molar-refractivity contribution is 6.32. The lowest BCUT2D eigenvalue weighted by Gasteiger charge is -2.11. The van der Waals surface area contributed by atoms with Gasteiger partial charge in [0.1, 0.15) is 5.75 Å². The van der Waals surface area contributed by atoms with E-state index in [0.717, 1.165) is 16.9 Å². The molecule has 0 saturated carbocycles. The Morgan fingerprint density at radius 2 is 1.76 bits per heavy atom. The van der Waals surface area contributed by atoms with Crippen molar-refractivity contribution in [2.75, 3.05) is 5.32 Å².